The molecule has 244 valence electrons. The Balaban J connectivity index is 0.000000147. The van der Waals surface area contributed by atoms with E-state index >= 15 is 0 Å². The van der Waals surface area contributed by atoms with Gasteiger partial charge in [-0.15, -0.1) is 0 Å². The lowest BCUT2D eigenvalue weighted by molar-refractivity contribution is -0.0495. The minimum atomic E-state index is -0.664. The van der Waals surface area contributed by atoms with E-state index < -0.39 is 5.60 Å². The smallest absolute Gasteiger partial charge is 0.108 e. The molecule has 3 aromatic rings. The van der Waals surface area contributed by atoms with Gasteiger partial charge in [-0.2, -0.15) is 0 Å². The molecule has 0 radical (unpaired) electrons. The number of hydrogen-bond donors (Lipinski definition) is 1. The number of benzene rings is 3. The molecule has 7 atom stereocenters. The van der Waals surface area contributed by atoms with E-state index in [0.717, 1.165) is 24.9 Å². The van der Waals surface area contributed by atoms with Crippen molar-refractivity contribution in [2.24, 2.45) is 17.8 Å². The van der Waals surface area contributed by atoms with Crippen LogP contribution in [0.4, 0.5) is 0 Å². The molecule has 4 unspecified atom stereocenters. The molecule has 0 amide bonds. The molecule has 5 aliphatic rings. The van der Waals surface area contributed by atoms with Crippen molar-refractivity contribution in [1.29, 1.82) is 0 Å². The van der Waals surface area contributed by atoms with Crippen LogP contribution in [0.15, 0.2) is 103 Å². The van der Waals surface area contributed by atoms with Gasteiger partial charge in [0, 0.05) is 18.6 Å². The first-order valence-electron chi connectivity index (χ1n) is 18.2. The van der Waals surface area contributed by atoms with Crippen molar-refractivity contribution in [2.75, 3.05) is 26.7 Å². The van der Waals surface area contributed by atoms with Gasteiger partial charge in [0.05, 0.1) is 11.7 Å². The maximum absolute atomic E-state index is 11.8. The SMILES string of the molecule is CN1[C@@H]2CC[C@H]1C[C@@H](OC(c1ccccc1)c1ccccc1)C2.OC(CCN1CCCCC1)(c1ccccc1)C1CC2C=CC1C2. The number of rotatable bonds is 9. The first kappa shape index (κ1) is 31.8. The monoisotopic (exact) mass is 618 g/mol. The molecule has 3 aromatic carbocycles. The third kappa shape index (κ3) is 7.06. The van der Waals surface area contributed by atoms with Crippen LogP contribution in [0.1, 0.15) is 87.0 Å². The molecule has 0 spiro atoms. The van der Waals surface area contributed by atoms with E-state index in [2.05, 4.69) is 120 Å². The van der Waals surface area contributed by atoms with Gasteiger partial charge in [-0.1, -0.05) is 110 Å². The summed E-state index contributed by atoms with van der Waals surface area (Å²) in [6.45, 7) is 3.45. The summed E-state index contributed by atoms with van der Waals surface area (Å²) in [5, 5.41) is 11.8. The van der Waals surface area contributed by atoms with E-state index in [1.54, 1.807) is 0 Å². The summed E-state index contributed by atoms with van der Waals surface area (Å²) in [7, 11) is 2.28. The second-order valence-electron chi connectivity index (χ2n) is 14.8. The van der Waals surface area contributed by atoms with E-state index in [-0.39, 0.29) is 6.10 Å². The second kappa shape index (κ2) is 14.6. The molecule has 4 heteroatoms. The number of allylic oxidation sites excluding steroid dienone is 2. The minimum absolute atomic E-state index is 0.0465. The summed E-state index contributed by atoms with van der Waals surface area (Å²) in [6.07, 6.45) is 17.5. The number of likely N-dealkylation sites (tertiary alicyclic amines) is 1. The normalized spacial score (nSPS) is 30.2. The Morgan fingerprint density at radius 2 is 1.33 bits per heavy atom. The molecule has 1 N–H and O–H groups in total. The Kier molecular flexibility index (Phi) is 10.1. The molecule has 4 nitrogen and oxygen atoms in total. The zero-order chi connectivity index (χ0) is 31.3. The fraction of sp³-hybridized carbons (Fsp3) is 0.524. The van der Waals surface area contributed by atoms with E-state index in [0.29, 0.717) is 35.9 Å². The molecule has 1 saturated carbocycles. The average Bonchev–Trinajstić information content (AvgIpc) is 3.81. The van der Waals surface area contributed by atoms with Crippen LogP contribution in [0.3, 0.4) is 0 Å². The maximum Gasteiger partial charge on any atom is 0.108 e. The fourth-order valence-corrected chi connectivity index (χ4v) is 9.38. The van der Waals surface area contributed by atoms with E-state index in [1.165, 1.54) is 75.6 Å². The Bertz CT molecular complexity index is 1340. The lowest BCUT2D eigenvalue weighted by atomic mass is 9.72. The summed E-state index contributed by atoms with van der Waals surface area (Å²) >= 11 is 0. The summed E-state index contributed by atoms with van der Waals surface area (Å²) < 4.78 is 6.67. The molecule has 0 aromatic heterocycles. The lowest BCUT2D eigenvalue weighted by Crippen LogP contribution is -2.43. The van der Waals surface area contributed by atoms with Crippen molar-refractivity contribution in [1.82, 2.24) is 9.80 Å². The number of ether oxygens (including phenoxy) is 1. The molecule has 3 aliphatic heterocycles. The zero-order valence-electron chi connectivity index (χ0n) is 27.8. The van der Waals surface area contributed by atoms with Crippen molar-refractivity contribution in [3.63, 3.8) is 0 Å². The van der Waals surface area contributed by atoms with Gasteiger partial charge in [-0.05, 0) is 112 Å². The molecule has 4 bridgehead atoms. The fourth-order valence-electron chi connectivity index (χ4n) is 9.38. The number of fused-ring (bicyclic) bond motifs is 4. The largest absolute Gasteiger partial charge is 0.385 e. The molecular formula is C42H54N2O2. The number of nitrogens with zero attached hydrogens (tertiary/aromatic N) is 2. The lowest BCUT2D eigenvalue weighted by Gasteiger charge is -2.40. The second-order valence-corrected chi connectivity index (χ2v) is 14.8. The molecule has 3 saturated heterocycles. The van der Waals surface area contributed by atoms with Gasteiger partial charge in [0.25, 0.3) is 0 Å². The van der Waals surface area contributed by atoms with Crippen LogP contribution in [0.25, 0.3) is 0 Å². The van der Waals surface area contributed by atoms with E-state index in [1.807, 2.05) is 0 Å². The van der Waals surface area contributed by atoms with Crippen LogP contribution < -0.4 is 0 Å². The standard InChI is InChI=1S/C21H25NO.C21H29NO/c1-22-18-12-13-19(22)15-20(14-18)23-21(16-8-4-2-5-9-16)17-10-6-3-7-11-17;23-21(19-7-3-1-4-8-19,11-14-22-12-5-2-6-13-22)20-16-17-9-10-18(20)15-17/h2-11,18-21H,12-15H2,1H3;1,3-4,7-10,17-18,20,23H,2,5-6,11-16H2/t18-,19+,20+;. The maximum atomic E-state index is 11.8. The van der Waals surface area contributed by atoms with E-state index in [4.69, 9.17) is 4.74 Å². The Morgan fingerprint density at radius 1 is 0.739 bits per heavy atom. The van der Waals surface area contributed by atoms with Gasteiger partial charge in [-0.3, -0.25) is 0 Å². The molecule has 3 heterocycles. The number of hydrogen-bond acceptors (Lipinski definition) is 4. The first-order chi connectivity index (χ1) is 22.6. The first-order valence-corrected chi connectivity index (χ1v) is 18.2. The van der Waals surface area contributed by atoms with Crippen molar-refractivity contribution in [2.45, 2.75) is 94.1 Å². The van der Waals surface area contributed by atoms with Crippen molar-refractivity contribution < 1.29 is 9.84 Å². The summed E-state index contributed by atoms with van der Waals surface area (Å²) in [4.78, 5) is 5.13. The Hall–Kier alpha value is -2.76. The molecule has 46 heavy (non-hydrogen) atoms. The summed E-state index contributed by atoms with van der Waals surface area (Å²) in [6, 6.07) is 33.2. The van der Waals surface area contributed by atoms with Crippen LogP contribution in [0.5, 0.6) is 0 Å². The summed E-state index contributed by atoms with van der Waals surface area (Å²) in [5.74, 6) is 1.67. The predicted molar refractivity (Wildman–Crippen MR) is 187 cm³/mol. The van der Waals surface area contributed by atoms with Crippen LogP contribution in [-0.2, 0) is 10.3 Å². The number of aliphatic hydroxyl groups is 1. The molecule has 4 fully saturated rings. The third-order valence-corrected chi connectivity index (χ3v) is 12.0. The summed E-state index contributed by atoms with van der Waals surface area (Å²) in [5.41, 5.74) is 2.97. The highest BCUT2D eigenvalue weighted by Crippen LogP contribution is 2.52. The highest BCUT2D eigenvalue weighted by atomic mass is 16.5. The molecular weight excluding hydrogens is 564 g/mol. The van der Waals surface area contributed by atoms with Crippen LogP contribution in [0.2, 0.25) is 0 Å². The quantitative estimate of drug-likeness (QED) is 0.245. The van der Waals surface area contributed by atoms with Crippen LogP contribution >= 0.6 is 0 Å². The molecule has 2 aliphatic carbocycles. The van der Waals surface area contributed by atoms with Crippen LogP contribution in [-0.4, -0.2) is 59.8 Å². The predicted octanol–water partition coefficient (Wildman–Crippen LogP) is 8.38. The van der Waals surface area contributed by atoms with Crippen LogP contribution in [0, 0.1) is 17.8 Å². The highest BCUT2D eigenvalue weighted by Gasteiger charge is 2.48. The van der Waals surface area contributed by atoms with Gasteiger partial charge in [0.15, 0.2) is 0 Å². The Labute approximate surface area is 277 Å². The molecule has 8 rings (SSSR count). The van der Waals surface area contributed by atoms with Crippen molar-refractivity contribution >= 4 is 0 Å². The topological polar surface area (TPSA) is 35.9 Å². The van der Waals surface area contributed by atoms with Gasteiger partial charge in [-0.25, -0.2) is 0 Å². The highest BCUT2D eigenvalue weighted by molar-refractivity contribution is 5.30. The van der Waals surface area contributed by atoms with Gasteiger partial charge >= 0.3 is 0 Å². The number of piperidine rings is 2. The third-order valence-electron chi connectivity index (χ3n) is 12.0. The van der Waals surface area contributed by atoms with Gasteiger partial charge in [0.1, 0.15) is 6.10 Å². The minimum Gasteiger partial charge on any atom is -0.385 e. The van der Waals surface area contributed by atoms with Gasteiger partial charge < -0.3 is 19.6 Å². The van der Waals surface area contributed by atoms with Crippen molar-refractivity contribution in [3.05, 3.63) is 120 Å². The van der Waals surface area contributed by atoms with E-state index in [9.17, 15) is 5.11 Å². The Morgan fingerprint density at radius 3 is 1.87 bits per heavy atom. The zero-order valence-corrected chi connectivity index (χ0v) is 27.8. The van der Waals surface area contributed by atoms with Crippen molar-refractivity contribution in [3.8, 4) is 0 Å². The average molecular weight is 619 g/mol. The van der Waals surface area contributed by atoms with Gasteiger partial charge in [0.2, 0.25) is 0 Å².